The third kappa shape index (κ3) is 7.77. The van der Waals surface area contributed by atoms with Crippen LogP contribution in [0, 0.1) is 5.92 Å². The average molecular weight is 356 g/mol. The maximum absolute atomic E-state index is 12.4. The molecule has 4 nitrogen and oxygen atoms in total. The van der Waals surface area contributed by atoms with Crippen LogP contribution in [-0.2, 0) is 6.42 Å². The molecule has 0 saturated carbocycles. The zero-order chi connectivity index (χ0) is 18.1. The van der Waals surface area contributed by atoms with Gasteiger partial charge in [-0.15, -0.1) is 0 Å². The van der Waals surface area contributed by atoms with Crippen LogP contribution in [0.25, 0.3) is 0 Å². The average Bonchev–Trinajstić information content (AvgIpc) is 3.00. The highest BCUT2D eigenvalue weighted by molar-refractivity contribution is 5.79. The lowest BCUT2D eigenvalue weighted by Gasteiger charge is -2.18. The fraction of sp³-hybridized carbons (Fsp3) is 0.611. The molecular weight excluding hydrogens is 329 g/mol. The highest BCUT2D eigenvalue weighted by Crippen LogP contribution is 2.22. The molecule has 1 atom stereocenters. The van der Waals surface area contributed by atoms with E-state index in [-0.39, 0.29) is 5.92 Å². The summed E-state index contributed by atoms with van der Waals surface area (Å²) in [6.07, 6.45) is -1.33. The second kappa shape index (κ2) is 9.65. The number of rotatable bonds is 7. The van der Waals surface area contributed by atoms with Gasteiger partial charge in [0.2, 0.25) is 0 Å². The van der Waals surface area contributed by atoms with Crippen molar-refractivity contribution in [2.75, 3.05) is 39.8 Å². The molecule has 2 N–H and O–H groups in total. The minimum Gasteiger partial charge on any atom is -0.356 e. The standard InChI is InChI=1S/C18H27F3N4/c1-22-17(23-10-5-8-15-6-3-2-4-7-15)24-12-16-9-11-25(13-16)14-18(19,20)21/h2-4,6-7,16H,5,8-14H2,1H3,(H2,22,23,24). The van der Waals surface area contributed by atoms with Crippen molar-refractivity contribution in [3.8, 4) is 0 Å². The number of halogens is 3. The molecule has 140 valence electrons. The van der Waals surface area contributed by atoms with E-state index in [2.05, 4.69) is 27.8 Å². The van der Waals surface area contributed by atoms with Gasteiger partial charge in [0.15, 0.2) is 5.96 Å². The summed E-state index contributed by atoms with van der Waals surface area (Å²) in [6, 6.07) is 10.3. The molecule has 1 aromatic carbocycles. The third-order valence-corrected chi connectivity index (χ3v) is 4.33. The maximum Gasteiger partial charge on any atom is 0.401 e. The summed E-state index contributed by atoms with van der Waals surface area (Å²) < 4.78 is 37.2. The quantitative estimate of drug-likeness (QED) is 0.448. The van der Waals surface area contributed by atoms with Crippen molar-refractivity contribution in [2.45, 2.75) is 25.4 Å². The van der Waals surface area contributed by atoms with Crippen molar-refractivity contribution in [1.29, 1.82) is 0 Å². The summed E-state index contributed by atoms with van der Waals surface area (Å²) in [4.78, 5) is 5.65. The number of nitrogens with zero attached hydrogens (tertiary/aromatic N) is 2. The maximum atomic E-state index is 12.4. The Morgan fingerprint density at radius 1 is 1.24 bits per heavy atom. The predicted molar refractivity (Wildman–Crippen MR) is 94.7 cm³/mol. The van der Waals surface area contributed by atoms with Crippen molar-refractivity contribution in [3.05, 3.63) is 35.9 Å². The lowest BCUT2D eigenvalue weighted by Crippen LogP contribution is -2.41. The number of aliphatic imine (C=N–C) groups is 1. The Kier molecular flexibility index (Phi) is 7.55. The van der Waals surface area contributed by atoms with E-state index in [1.807, 2.05) is 18.2 Å². The topological polar surface area (TPSA) is 39.7 Å². The highest BCUT2D eigenvalue weighted by atomic mass is 19.4. The van der Waals surface area contributed by atoms with Gasteiger partial charge in [-0.3, -0.25) is 9.89 Å². The minimum absolute atomic E-state index is 0.227. The van der Waals surface area contributed by atoms with Crippen molar-refractivity contribution in [3.63, 3.8) is 0 Å². The Morgan fingerprint density at radius 3 is 2.68 bits per heavy atom. The summed E-state index contributed by atoms with van der Waals surface area (Å²) in [5.74, 6) is 0.938. The number of guanidine groups is 1. The van der Waals surface area contributed by atoms with Crippen LogP contribution in [0.1, 0.15) is 18.4 Å². The second-order valence-electron chi connectivity index (χ2n) is 6.47. The summed E-state index contributed by atoms with van der Waals surface area (Å²) in [6.45, 7) is 1.63. The van der Waals surface area contributed by atoms with Crippen molar-refractivity contribution >= 4 is 5.96 Å². The van der Waals surface area contributed by atoms with Crippen LogP contribution in [0.2, 0.25) is 0 Å². The van der Waals surface area contributed by atoms with Crippen molar-refractivity contribution < 1.29 is 13.2 Å². The summed E-state index contributed by atoms with van der Waals surface area (Å²) in [7, 11) is 1.71. The third-order valence-electron chi connectivity index (χ3n) is 4.33. The fourth-order valence-electron chi connectivity index (χ4n) is 3.08. The molecule has 1 fully saturated rings. The first kappa shape index (κ1) is 19.6. The minimum atomic E-state index is -4.11. The van der Waals surface area contributed by atoms with Crippen LogP contribution in [0.5, 0.6) is 0 Å². The molecule has 1 aliphatic rings. The van der Waals surface area contributed by atoms with E-state index >= 15 is 0 Å². The van der Waals surface area contributed by atoms with Crippen LogP contribution in [0.15, 0.2) is 35.3 Å². The van der Waals surface area contributed by atoms with Gasteiger partial charge < -0.3 is 10.6 Å². The molecule has 0 aromatic heterocycles. The molecule has 0 spiro atoms. The van der Waals surface area contributed by atoms with Gasteiger partial charge >= 0.3 is 6.18 Å². The van der Waals surface area contributed by atoms with Gasteiger partial charge in [0.1, 0.15) is 0 Å². The zero-order valence-corrected chi connectivity index (χ0v) is 14.6. The van der Waals surface area contributed by atoms with Gasteiger partial charge in [0, 0.05) is 26.7 Å². The first-order valence-electron chi connectivity index (χ1n) is 8.74. The van der Waals surface area contributed by atoms with Crippen LogP contribution in [0.3, 0.4) is 0 Å². The Balaban J connectivity index is 1.61. The lowest BCUT2D eigenvalue weighted by molar-refractivity contribution is -0.143. The number of likely N-dealkylation sites (tertiary alicyclic amines) is 1. The predicted octanol–water partition coefficient (Wildman–Crippen LogP) is 2.67. The molecule has 1 saturated heterocycles. The Morgan fingerprint density at radius 2 is 2.00 bits per heavy atom. The molecule has 2 rings (SSSR count). The largest absolute Gasteiger partial charge is 0.401 e. The Hall–Kier alpha value is -1.76. The normalized spacial score (nSPS) is 19.2. The lowest BCUT2D eigenvalue weighted by atomic mass is 10.1. The number of alkyl halides is 3. The van der Waals surface area contributed by atoms with Crippen molar-refractivity contribution in [2.24, 2.45) is 10.9 Å². The SMILES string of the molecule is CN=C(NCCCc1ccccc1)NCC1CCN(CC(F)(F)F)C1. The summed E-state index contributed by atoms with van der Waals surface area (Å²) in [5.41, 5.74) is 1.31. The van der Waals surface area contributed by atoms with Gasteiger partial charge in [0.25, 0.3) is 0 Å². The van der Waals surface area contributed by atoms with E-state index in [4.69, 9.17) is 0 Å². The van der Waals surface area contributed by atoms with Crippen LogP contribution in [-0.4, -0.2) is 56.8 Å². The van der Waals surface area contributed by atoms with E-state index in [1.54, 1.807) is 7.05 Å². The molecule has 0 bridgehead atoms. The molecule has 1 unspecified atom stereocenters. The van der Waals surface area contributed by atoms with Gasteiger partial charge in [-0.05, 0) is 37.3 Å². The first-order valence-corrected chi connectivity index (χ1v) is 8.74. The van der Waals surface area contributed by atoms with E-state index in [9.17, 15) is 13.2 Å². The Labute approximate surface area is 147 Å². The van der Waals surface area contributed by atoms with E-state index < -0.39 is 12.7 Å². The number of hydrogen-bond acceptors (Lipinski definition) is 2. The zero-order valence-electron chi connectivity index (χ0n) is 14.6. The van der Waals surface area contributed by atoms with Crippen LogP contribution in [0.4, 0.5) is 13.2 Å². The van der Waals surface area contributed by atoms with E-state index in [1.165, 1.54) is 10.5 Å². The van der Waals surface area contributed by atoms with Gasteiger partial charge in [-0.1, -0.05) is 30.3 Å². The van der Waals surface area contributed by atoms with Crippen molar-refractivity contribution in [1.82, 2.24) is 15.5 Å². The number of benzene rings is 1. The fourth-order valence-corrected chi connectivity index (χ4v) is 3.08. The molecule has 1 heterocycles. The summed E-state index contributed by atoms with van der Waals surface area (Å²) >= 11 is 0. The second-order valence-corrected chi connectivity index (χ2v) is 6.47. The molecule has 25 heavy (non-hydrogen) atoms. The molecule has 7 heteroatoms. The van der Waals surface area contributed by atoms with Crippen LogP contribution < -0.4 is 10.6 Å². The Bertz CT molecular complexity index is 531. The molecule has 0 radical (unpaired) electrons. The first-order chi connectivity index (χ1) is 12.0. The number of aryl methyl sites for hydroxylation is 1. The monoisotopic (exact) mass is 356 g/mol. The molecule has 0 aliphatic carbocycles. The number of nitrogens with one attached hydrogen (secondary N) is 2. The van der Waals surface area contributed by atoms with Crippen LogP contribution >= 0.6 is 0 Å². The van der Waals surface area contributed by atoms with E-state index in [0.717, 1.165) is 25.8 Å². The smallest absolute Gasteiger partial charge is 0.356 e. The van der Waals surface area contributed by atoms with E-state index in [0.29, 0.717) is 25.6 Å². The van der Waals surface area contributed by atoms with Gasteiger partial charge in [-0.2, -0.15) is 13.2 Å². The highest BCUT2D eigenvalue weighted by Gasteiger charge is 2.34. The molecule has 1 aromatic rings. The van der Waals surface area contributed by atoms with Gasteiger partial charge in [-0.25, -0.2) is 0 Å². The number of hydrogen-bond donors (Lipinski definition) is 2. The molecule has 1 aliphatic heterocycles. The van der Waals surface area contributed by atoms with Gasteiger partial charge in [0.05, 0.1) is 6.54 Å². The molecular formula is C18H27F3N4. The summed E-state index contributed by atoms with van der Waals surface area (Å²) in [5, 5.41) is 6.48. The molecule has 0 amide bonds.